The molecule has 0 aliphatic rings. The zero-order valence-corrected chi connectivity index (χ0v) is 15.8. The predicted molar refractivity (Wildman–Crippen MR) is 96.8 cm³/mol. The van der Waals surface area contributed by atoms with Crippen molar-refractivity contribution in [1.29, 1.82) is 0 Å². The molecular weight excluding hydrogens is 374 g/mol. The van der Waals surface area contributed by atoms with E-state index in [-0.39, 0.29) is 36.5 Å². The van der Waals surface area contributed by atoms with Gasteiger partial charge in [0.25, 0.3) is 0 Å². The molecule has 0 saturated heterocycles. The van der Waals surface area contributed by atoms with Gasteiger partial charge in [-0.2, -0.15) is 0 Å². The van der Waals surface area contributed by atoms with Crippen LogP contribution in [0.15, 0.2) is 28.7 Å². The number of rotatable bonds is 9. The van der Waals surface area contributed by atoms with Crippen LogP contribution in [0.5, 0.6) is 0 Å². The number of amides is 2. The Bertz CT molecular complexity index is 575. The van der Waals surface area contributed by atoms with Crippen LogP contribution in [-0.4, -0.2) is 43.3 Å². The van der Waals surface area contributed by atoms with E-state index >= 15 is 0 Å². The summed E-state index contributed by atoms with van der Waals surface area (Å²) in [6.45, 7) is 4.09. The minimum atomic E-state index is -0.633. The highest BCUT2D eigenvalue weighted by Crippen LogP contribution is 2.12. The van der Waals surface area contributed by atoms with Crippen molar-refractivity contribution < 1.29 is 14.4 Å². The third-order valence-corrected chi connectivity index (χ3v) is 4.11. The third kappa shape index (κ3) is 7.23. The predicted octanol–water partition coefficient (Wildman–Crippen LogP) is 1.64. The van der Waals surface area contributed by atoms with Crippen LogP contribution in [-0.2, 0) is 9.59 Å². The molecule has 0 spiro atoms. The second kappa shape index (κ2) is 10.2. The number of nitrogens with one attached hydrogen (secondary N) is 3. The van der Waals surface area contributed by atoms with E-state index in [9.17, 15) is 14.4 Å². The zero-order valence-electron chi connectivity index (χ0n) is 14.2. The number of benzene rings is 1. The average Bonchev–Trinajstić information content (AvgIpc) is 2.57. The molecule has 3 N–H and O–H groups in total. The normalized spacial score (nSPS) is 13.0. The first-order valence-corrected chi connectivity index (χ1v) is 8.66. The summed E-state index contributed by atoms with van der Waals surface area (Å²) in [5, 5.41) is 8.38. The minimum Gasteiger partial charge on any atom is -0.355 e. The van der Waals surface area contributed by atoms with Crippen LogP contribution in [0.3, 0.4) is 0 Å². The first-order valence-electron chi connectivity index (χ1n) is 7.86. The van der Waals surface area contributed by atoms with Gasteiger partial charge in [0.05, 0.1) is 6.04 Å². The summed E-state index contributed by atoms with van der Waals surface area (Å²) in [4.78, 5) is 35.8. The number of carbonyl (C=O) groups is 3. The van der Waals surface area contributed by atoms with Gasteiger partial charge in [0.1, 0.15) is 0 Å². The molecule has 7 heteroatoms. The molecular formula is C17H24BrN3O3. The van der Waals surface area contributed by atoms with E-state index in [2.05, 4.69) is 31.9 Å². The number of halogens is 1. The lowest BCUT2D eigenvalue weighted by Gasteiger charge is -2.14. The van der Waals surface area contributed by atoms with E-state index in [1.807, 2.05) is 14.0 Å². The van der Waals surface area contributed by atoms with Crippen LogP contribution in [0, 0.1) is 0 Å². The van der Waals surface area contributed by atoms with Gasteiger partial charge in [0, 0.05) is 35.5 Å². The SMILES string of the molecule is CNC(C)CNC(=O)CCC(=O)NC(C)C(=O)c1ccc(Br)cc1. The van der Waals surface area contributed by atoms with Crippen molar-refractivity contribution in [3.8, 4) is 0 Å². The van der Waals surface area contributed by atoms with Gasteiger partial charge in [-0.25, -0.2) is 0 Å². The molecule has 1 aromatic rings. The number of carbonyl (C=O) groups excluding carboxylic acids is 3. The Morgan fingerprint density at radius 3 is 2.21 bits per heavy atom. The van der Waals surface area contributed by atoms with Crippen molar-refractivity contribution in [2.45, 2.75) is 38.8 Å². The van der Waals surface area contributed by atoms with Gasteiger partial charge in [-0.3, -0.25) is 14.4 Å². The van der Waals surface area contributed by atoms with Crippen molar-refractivity contribution >= 4 is 33.5 Å². The van der Waals surface area contributed by atoms with Crippen molar-refractivity contribution in [3.05, 3.63) is 34.3 Å². The molecule has 0 fully saturated rings. The van der Waals surface area contributed by atoms with Gasteiger partial charge in [-0.15, -0.1) is 0 Å². The fraction of sp³-hybridized carbons (Fsp3) is 0.471. The molecule has 2 unspecified atom stereocenters. The quantitative estimate of drug-likeness (QED) is 0.552. The van der Waals surface area contributed by atoms with Gasteiger partial charge >= 0.3 is 0 Å². The van der Waals surface area contributed by atoms with Gasteiger partial charge < -0.3 is 16.0 Å². The van der Waals surface area contributed by atoms with Gasteiger partial charge in [0.15, 0.2) is 5.78 Å². The van der Waals surface area contributed by atoms with Gasteiger partial charge in [-0.05, 0) is 33.0 Å². The molecule has 132 valence electrons. The molecule has 2 amide bonds. The molecule has 2 atom stereocenters. The minimum absolute atomic E-state index is 0.0533. The summed E-state index contributed by atoms with van der Waals surface area (Å²) in [6, 6.07) is 6.49. The van der Waals surface area contributed by atoms with Gasteiger partial charge in [0.2, 0.25) is 11.8 Å². The summed E-state index contributed by atoms with van der Waals surface area (Å²) < 4.78 is 0.884. The van der Waals surface area contributed by atoms with Crippen LogP contribution in [0.4, 0.5) is 0 Å². The Morgan fingerprint density at radius 2 is 1.62 bits per heavy atom. The maximum Gasteiger partial charge on any atom is 0.221 e. The fourth-order valence-corrected chi connectivity index (χ4v) is 2.19. The summed E-state index contributed by atoms with van der Waals surface area (Å²) in [5.41, 5.74) is 0.532. The largest absolute Gasteiger partial charge is 0.355 e. The van der Waals surface area contributed by atoms with E-state index in [1.54, 1.807) is 31.2 Å². The average molecular weight is 398 g/mol. The van der Waals surface area contributed by atoms with E-state index in [0.29, 0.717) is 12.1 Å². The molecule has 0 bridgehead atoms. The molecule has 1 aromatic carbocycles. The molecule has 0 radical (unpaired) electrons. The third-order valence-electron chi connectivity index (χ3n) is 3.58. The molecule has 0 saturated carbocycles. The molecule has 24 heavy (non-hydrogen) atoms. The number of hydrogen-bond donors (Lipinski definition) is 3. The second-order valence-electron chi connectivity index (χ2n) is 5.65. The molecule has 1 rings (SSSR count). The molecule has 0 aliphatic carbocycles. The number of hydrogen-bond acceptors (Lipinski definition) is 4. The van der Waals surface area contributed by atoms with E-state index in [4.69, 9.17) is 0 Å². The highest BCUT2D eigenvalue weighted by molar-refractivity contribution is 9.10. The van der Waals surface area contributed by atoms with Crippen LogP contribution < -0.4 is 16.0 Å². The molecule has 6 nitrogen and oxygen atoms in total. The summed E-state index contributed by atoms with van der Waals surface area (Å²) in [7, 11) is 1.81. The van der Waals surface area contributed by atoms with E-state index in [0.717, 1.165) is 4.47 Å². The topological polar surface area (TPSA) is 87.3 Å². The standard InChI is InChI=1S/C17H24BrN3O3/c1-11(19-3)10-20-15(22)8-9-16(23)21-12(2)17(24)13-4-6-14(18)7-5-13/h4-7,11-12,19H,8-10H2,1-3H3,(H,20,22)(H,21,23). The number of likely N-dealkylation sites (N-methyl/N-ethyl adjacent to an activating group) is 1. The lowest BCUT2D eigenvalue weighted by atomic mass is 10.1. The van der Waals surface area contributed by atoms with Crippen LogP contribution in [0.2, 0.25) is 0 Å². The zero-order chi connectivity index (χ0) is 18.1. The summed E-state index contributed by atoms with van der Waals surface area (Å²) in [6.07, 6.45) is 0.152. The van der Waals surface area contributed by atoms with E-state index in [1.165, 1.54) is 0 Å². The highest BCUT2D eigenvalue weighted by atomic mass is 79.9. The van der Waals surface area contributed by atoms with Crippen molar-refractivity contribution in [3.63, 3.8) is 0 Å². The maximum absolute atomic E-state index is 12.2. The van der Waals surface area contributed by atoms with Crippen LogP contribution in [0.25, 0.3) is 0 Å². The molecule has 0 heterocycles. The first-order chi connectivity index (χ1) is 11.3. The molecule has 0 aromatic heterocycles. The number of ketones is 1. The van der Waals surface area contributed by atoms with Gasteiger partial charge in [-0.1, -0.05) is 28.1 Å². The van der Waals surface area contributed by atoms with Crippen LogP contribution in [0.1, 0.15) is 37.0 Å². The second-order valence-corrected chi connectivity index (χ2v) is 6.57. The monoisotopic (exact) mass is 397 g/mol. The van der Waals surface area contributed by atoms with Crippen molar-refractivity contribution in [1.82, 2.24) is 16.0 Å². The van der Waals surface area contributed by atoms with Crippen LogP contribution >= 0.6 is 15.9 Å². The lowest BCUT2D eigenvalue weighted by molar-refractivity contribution is -0.126. The Labute approximate surface area is 150 Å². The highest BCUT2D eigenvalue weighted by Gasteiger charge is 2.17. The Hall–Kier alpha value is -1.73. The number of Topliss-reactive ketones (excluding diaryl/α,β-unsaturated/α-hetero) is 1. The maximum atomic E-state index is 12.2. The summed E-state index contributed by atoms with van der Waals surface area (Å²) in [5.74, 6) is -0.660. The van der Waals surface area contributed by atoms with E-state index < -0.39 is 6.04 Å². The summed E-state index contributed by atoms with van der Waals surface area (Å²) >= 11 is 3.31. The molecule has 0 aliphatic heterocycles. The van der Waals surface area contributed by atoms with Crippen molar-refractivity contribution in [2.75, 3.05) is 13.6 Å². The fourth-order valence-electron chi connectivity index (χ4n) is 1.93. The lowest BCUT2D eigenvalue weighted by Crippen LogP contribution is -2.40. The van der Waals surface area contributed by atoms with Crippen molar-refractivity contribution in [2.24, 2.45) is 0 Å². The first kappa shape index (κ1) is 20.3. The Morgan fingerprint density at radius 1 is 1.04 bits per heavy atom. The Balaban J connectivity index is 2.37. The Kier molecular flexibility index (Phi) is 8.63. The smallest absolute Gasteiger partial charge is 0.221 e.